The van der Waals surface area contributed by atoms with E-state index in [0.29, 0.717) is 58.5 Å². The molecule has 2 saturated heterocycles. The van der Waals surface area contributed by atoms with Gasteiger partial charge in [0.15, 0.2) is 0 Å². The van der Waals surface area contributed by atoms with Gasteiger partial charge in [0.05, 0.1) is 18.5 Å². The largest absolute Gasteiger partial charge is 0.378 e. The lowest BCUT2D eigenvalue weighted by molar-refractivity contribution is -0.143. The Balaban J connectivity index is 1.14. The summed E-state index contributed by atoms with van der Waals surface area (Å²) in [4.78, 5) is 75.0. The molecule has 15 heteroatoms. The van der Waals surface area contributed by atoms with Gasteiger partial charge in [-0.3, -0.25) is 23.9 Å². The first-order valence-electron chi connectivity index (χ1n) is 21.3. The maximum atomic E-state index is 15.1. The number of amides is 6. The monoisotopic (exact) mass is 802 g/mol. The highest BCUT2D eigenvalue weighted by atomic mass is 32.2. The molecule has 56 heavy (non-hydrogen) atoms. The normalized spacial score (nSPS) is 33.2. The number of hydrogen-bond acceptors (Lipinski definition) is 8. The van der Waals surface area contributed by atoms with Crippen molar-refractivity contribution in [3.8, 4) is 0 Å². The summed E-state index contributed by atoms with van der Waals surface area (Å²) in [6.07, 6.45) is 10.1. The number of ether oxygens (including phenoxy) is 1. The zero-order valence-electron chi connectivity index (χ0n) is 34.7. The number of nitrogens with one attached hydrogen (secondary N) is 4. The summed E-state index contributed by atoms with van der Waals surface area (Å²) in [5.41, 5.74) is -3.32. The van der Waals surface area contributed by atoms with E-state index >= 15 is 4.79 Å². The summed E-state index contributed by atoms with van der Waals surface area (Å²) in [7, 11) is -3.86. The molecular formula is C41H66N6O8S. The van der Waals surface area contributed by atoms with E-state index in [4.69, 9.17) is 4.74 Å². The van der Waals surface area contributed by atoms with Crippen LogP contribution in [-0.4, -0.2) is 110 Å². The van der Waals surface area contributed by atoms with Crippen molar-refractivity contribution in [2.24, 2.45) is 33.0 Å². The number of likely N-dealkylation sites (tertiary alicyclic amines) is 1. The minimum Gasteiger partial charge on any atom is -0.378 e. The van der Waals surface area contributed by atoms with Gasteiger partial charge in [0.25, 0.3) is 5.91 Å². The predicted molar refractivity (Wildman–Crippen MR) is 209 cm³/mol. The average Bonchev–Trinajstić information content (AvgIpc) is 4.07. The van der Waals surface area contributed by atoms with Gasteiger partial charge in [0.1, 0.15) is 23.7 Å². The second-order valence-corrected chi connectivity index (χ2v) is 22.2. The van der Waals surface area contributed by atoms with Gasteiger partial charge in [-0.15, -0.1) is 0 Å². The number of rotatable bonds is 11. The summed E-state index contributed by atoms with van der Waals surface area (Å²) in [6, 6.07) is -3.31. The van der Waals surface area contributed by atoms with Crippen LogP contribution in [0.25, 0.3) is 0 Å². The van der Waals surface area contributed by atoms with E-state index in [1.54, 1.807) is 9.80 Å². The Hall–Kier alpha value is -2.94. The van der Waals surface area contributed by atoms with Gasteiger partial charge in [-0.25, -0.2) is 13.2 Å². The van der Waals surface area contributed by atoms with E-state index in [1.165, 1.54) is 0 Å². The molecule has 7 aliphatic rings. The van der Waals surface area contributed by atoms with E-state index in [2.05, 4.69) is 34.5 Å². The number of carbonyl (C=O) groups is 5. The molecular weight excluding hydrogens is 737 g/mol. The summed E-state index contributed by atoms with van der Waals surface area (Å²) in [5, 5.41) is 8.43. The summed E-state index contributed by atoms with van der Waals surface area (Å²) in [6.45, 7) is 16.0. The van der Waals surface area contributed by atoms with Crippen molar-refractivity contribution in [3.63, 3.8) is 0 Å². The predicted octanol–water partition coefficient (Wildman–Crippen LogP) is 3.59. The molecule has 7 rings (SSSR count). The molecule has 2 aliphatic heterocycles. The van der Waals surface area contributed by atoms with Crippen LogP contribution in [0.15, 0.2) is 0 Å². The van der Waals surface area contributed by atoms with E-state index in [-0.39, 0.29) is 40.4 Å². The lowest BCUT2D eigenvalue weighted by Gasteiger charge is -2.38. The Kier molecular flexibility index (Phi) is 10.4. The number of carbonyl (C=O) groups excluding carboxylic acids is 5. The molecule has 0 aromatic carbocycles. The van der Waals surface area contributed by atoms with Crippen molar-refractivity contribution in [1.82, 2.24) is 30.5 Å². The molecule has 14 nitrogen and oxygen atoms in total. The van der Waals surface area contributed by atoms with Crippen LogP contribution in [0.3, 0.4) is 0 Å². The van der Waals surface area contributed by atoms with Gasteiger partial charge in [-0.05, 0) is 80.0 Å². The molecule has 7 fully saturated rings. The number of fused-ring (bicyclic) bond motifs is 1. The maximum Gasteiger partial charge on any atom is 0.316 e. The molecule has 0 radical (unpaired) electrons. The summed E-state index contributed by atoms with van der Waals surface area (Å²) < 4.78 is 33.6. The molecule has 6 atom stereocenters. The fraction of sp³-hybridized carbons (Fsp3) is 0.878. The molecule has 5 aliphatic carbocycles. The van der Waals surface area contributed by atoms with Gasteiger partial charge in [-0.1, -0.05) is 74.1 Å². The molecule has 314 valence electrons. The number of nitrogens with zero attached hydrogens (tertiary/aromatic N) is 2. The van der Waals surface area contributed by atoms with E-state index in [9.17, 15) is 27.6 Å². The SMILES string of the molecule is CC[C@]1(C)C[C@]1(NC(=O)[C@@H]1C[C@@]2(CN1C(=O)[C@@H](NC(=O)N[C@H](C(=O)N1CCOCC1)C1CCCCC1)C(C)(C)C)C(C)(C)C21CCC1)C(=O)NS(=O)(=O)C1CC1. The standard InChI is InChI=1S/C41H66N6O8S/c1-8-38(7)24-41(38,34(51)45-56(53,54)27-15-16-27)44-31(48)28-23-40(37(5,6)39(40)17-12-18-39)25-47(28)33(50)30(36(2,3)4)43-35(52)42-29(26-13-10-9-11-14-26)32(49)46-19-21-55-22-20-46/h26-30H,8-25H2,1-7H3,(H,44,48)(H,45,51)(H2,42,43,52)/t28-,29-,30+,38+,40+,41-/m0/s1. The second kappa shape index (κ2) is 14.1. The van der Waals surface area contributed by atoms with Gasteiger partial charge < -0.3 is 30.5 Å². The molecule has 0 aromatic rings. The van der Waals surface area contributed by atoms with Gasteiger partial charge in [0, 0.05) is 30.5 Å². The van der Waals surface area contributed by atoms with Crippen LogP contribution in [0.5, 0.6) is 0 Å². The van der Waals surface area contributed by atoms with Crippen LogP contribution in [-0.2, 0) is 33.9 Å². The first kappa shape index (κ1) is 41.2. The first-order chi connectivity index (χ1) is 26.2. The maximum absolute atomic E-state index is 15.1. The van der Waals surface area contributed by atoms with Crippen molar-refractivity contribution in [2.45, 2.75) is 161 Å². The smallest absolute Gasteiger partial charge is 0.316 e. The Morgan fingerprint density at radius 1 is 0.857 bits per heavy atom. The fourth-order valence-electron chi connectivity index (χ4n) is 11.6. The van der Waals surface area contributed by atoms with Crippen molar-refractivity contribution >= 4 is 39.7 Å². The van der Waals surface area contributed by atoms with Gasteiger partial charge in [-0.2, -0.15) is 0 Å². The van der Waals surface area contributed by atoms with E-state index in [0.717, 1.165) is 51.4 Å². The second-order valence-electron chi connectivity index (χ2n) is 20.2. The highest BCUT2D eigenvalue weighted by Crippen LogP contribution is 2.88. The van der Waals surface area contributed by atoms with Crippen molar-refractivity contribution in [1.29, 1.82) is 0 Å². The topological polar surface area (TPSA) is 183 Å². The molecule has 6 amide bonds. The molecule has 0 unspecified atom stereocenters. The minimum absolute atomic E-state index is 0.00637. The van der Waals surface area contributed by atoms with Gasteiger partial charge >= 0.3 is 6.03 Å². The third-order valence-electron chi connectivity index (χ3n) is 16.0. The molecule has 2 heterocycles. The van der Waals surface area contributed by atoms with E-state index in [1.807, 2.05) is 34.6 Å². The lowest BCUT2D eigenvalue weighted by atomic mass is 9.73. The lowest BCUT2D eigenvalue weighted by Crippen LogP contribution is -2.63. The Morgan fingerprint density at radius 3 is 2.02 bits per heavy atom. The number of hydrogen-bond donors (Lipinski definition) is 4. The van der Waals surface area contributed by atoms with Gasteiger partial charge in [0.2, 0.25) is 27.7 Å². The zero-order valence-corrected chi connectivity index (χ0v) is 35.5. The highest BCUT2D eigenvalue weighted by Gasteiger charge is 2.85. The van der Waals surface area contributed by atoms with Crippen molar-refractivity contribution in [2.75, 3.05) is 32.8 Å². The third kappa shape index (κ3) is 6.62. The summed E-state index contributed by atoms with van der Waals surface area (Å²) >= 11 is 0. The summed E-state index contributed by atoms with van der Waals surface area (Å²) in [5.74, 6) is -1.74. The molecule has 2 spiro atoms. The molecule has 0 aromatic heterocycles. The van der Waals surface area contributed by atoms with Crippen LogP contribution in [0.1, 0.15) is 132 Å². The van der Waals surface area contributed by atoms with Crippen LogP contribution >= 0.6 is 0 Å². The zero-order chi connectivity index (χ0) is 40.7. The van der Waals surface area contributed by atoms with E-state index < -0.39 is 67.6 Å². The third-order valence-corrected chi connectivity index (χ3v) is 17.9. The molecule has 5 saturated carbocycles. The van der Waals surface area contributed by atoms with Crippen molar-refractivity contribution < 1.29 is 37.1 Å². The fourth-order valence-corrected chi connectivity index (χ4v) is 12.9. The average molecular weight is 803 g/mol. The Morgan fingerprint density at radius 2 is 1.50 bits per heavy atom. The Bertz CT molecular complexity index is 1730. The number of morpholine rings is 1. The molecule has 0 bridgehead atoms. The Labute approximate surface area is 333 Å². The molecule has 4 N–H and O–H groups in total. The van der Waals surface area contributed by atoms with Crippen LogP contribution in [0.2, 0.25) is 0 Å². The number of sulfonamides is 1. The minimum atomic E-state index is -3.86. The first-order valence-corrected chi connectivity index (χ1v) is 22.9. The van der Waals surface area contributed by atoms with Crippen LogP contribution < -0.4 is 20.7 Å². The quantitative estimate of drug-likeness (QED) is 0.245. The number of urea groups is 1. The highest BCUT2D eigenvalue weighted by molar-refractivity contribution is 7.91. The van der Waals surface area contributed by atoms with Crippen molar-refractivity contribution in [3.05, 3.63) is 0 Å². The van der Waals surface area contributed by atoms with Crippen LogP contribution in [0.4, 0.5) is 4.79 Å². The van der Waals surface area contributed by atoms with Crippen LogP contribution in [0, 0.1) is 33.0 Å².